The molecular formula is C15H19N3O3S. The van der Waals surface area contributed by atoms with Crippen LogP contribution in [0.4, 0.5) is 0 Å². The number of carbonyl (C=O) groups is 1. The minimum Gasteiger partial charge on any atom is -0.462 e. The maximum Gasteiger partial charge on any atom is 0.236 e. The first-order valence-corrected chi connectivity index (χ1v) is 8.12. The van der Waals surface area contributed by atoms with E-state index in [9.17, 15) is 4.79 Å². The third kappa shape index (κ3) is 3.73. The Labute approximate surface area is 133 Å². The number of nitrogens with zero attached hydrogens (tertiary/aromatic N) is 3. The second-order valence-electron chi connectivity index (χ2n) is 5.29. The van der Waals surface area contributed by atoms with Crippen LogP contribution in [0.25, 0.3) is 10.8 Å². The number of rotatable bonds is 5. The zero-order valence-electron chi connectivity index (χ0n) is 12.5. The van der Waals surface area contributed by atoms with Gasteiger partial charge in [0.25, 0.3) is 0 Å². The lowest BCUT2D eigenvalue weighted by molar-refractivity contribution is -0.136. The molecule has 0 radical (unpaired) electrons. The predicted molar refractivity (Wildman–Crippen MR) is 83.5 cm³/mol. The van der Waals surface area contributed by atoms with E-state index in [-0.39, 0.29) is 5.91 Å². The Balaban J connectivity index is 1.53. The second-order valence-corrected chi connectivity index (χ2v) is 6.14. The molecule has 0 bridgehead atoms. The van der Waals surface area contributed by atoms with E-state index in [0.29, 0.717) is 39.4 Å². The number of furan rings is 1. The van der Waals surface area contributed by atoms with Gasteiger partial charge < -0.3 is 14.1 Å². The quantitative estimate of drug-likeness (QED) is 0.839. The van der Waals surface area contributed by atoms with Gasteiger partial charge in [0.05, 0.1) is 31.7 Å². The van der Waals surface area contributed by atoms with Crippen LogP contribution in [0.2, 0.25) is 0 Å². The maximum absolute atomic E-state index is 12.2. The second kappa shape index (κ2) is 7.04. The summed E-state index contributed by atoms with van der Waals surface area (Å²) < 4.78 is 10.6. The Morgan fingerprint density at radius 3 is 3.00 bits per heavy atom. The van der Waals surface area contributed by atoms with Gasteiger partial charge in [-0.05, 0) is 19.2 Å². The average Bonchev–Trinajstić information content (AvgIpc) is 3.19. The Hall–Kier alpha value is -1.70. The largest absolute Gasteiger partial charge is 0.462 e. The summed E-state index contributed by atoms with van der Waals surface area (Å²) in [6.07, 6.45) is 1.64. The van der Waals surface area contributed by atoms with Gasteiger partial charge in [-0.15, -0.1) is 11.3 Å². The van der Waals surface area contributed by atoms with E-state index in [1.807, 2.05) is 34.4 Å². The van der Waals surface area contributed by atoms with Crippen LogP contribution in [0, 0.1) is 0 Å². The van der Waals surface area contributed by atoms with Crippen LogP contribution < -0.4 is 0 Å². The van der Waals surface area contributed by atoms with Crippen molar-refractivity contribution in [3.63, 3.8) is 0 Å². The summed E-state index contributed by atoms with van der Waals surface area (Å²) in [5.74, 6) is 0.926. The number of aromatic nitrogens is 1. The third-order valence-corrected chi connectivity index (χ3v) is 4.39. The molecule has 0 spiro atoms. The first-order chi connectivity index (χ1) is 10.7. The number of carbonyl (C=O) groups excluding carboxylic acids is 1. The van der Waals surface area contributed by atoms with Crippen LogP contribution >= 0.6 is 11.3 Å². The zero-order valence-corrected chi connectivity index (χ0v) is 13.3. The maximum atomic E-state index is 12.2. The Morgan fingerprint density at radius 2 is 2.27 bits per heavy atom. The molecule has 3 heterocycles. The smallest absolute Gasteiger partial charge is 0.236 e. The van der Waals surface area contributed by atoms with Crippen molar-refractivity contribution in [1.29, 1.82) is 0 Å². The number of amides is 1. The summed E-state index contributed by atoms with van der Waals surface area (Å²) in [7, 11) is 1.93. The number of thiazole rings is 1. The van der Waals surface area contributed by atoms with Crippen molar-refractivity contribution in [3.8, 4) is 10.8 Å². The standard InChI is InChI=1S/C15H19N3O3S/c1-17(10-14(19)18-4-7-20-8-5-18)9-12-11-22-15(16-12)13-3-2-6-21-13/h2-3,6,11H,4-5,7-10H2,1H3. The van der Waals surface area contributed by atoms with Crippen molar-refractivity contribution in [1.82, 2.24) is 14.8 Å². The van der Waals surface area contributed by atoms with E-state index >= 15 is 0 Å². The summed E-state index contributed by atoms with van der Waals surface area (Å²) in [4.78, 5) is 20.6. The van der Waals surface area contributed by atoms with Gasteiger partial charge in [0.1, 0.15) is 0 Å². The van der Waals surface area contributed by atoms with E-state index < -0.39 is 0 Å². The van der Waals surface area contributed by atoms with Crippen LogP contribution in [0.1, 0.15) is 5.69 Å². The summed E-state index contributed by atoms with van der Waals surface area (Å²) in [6.45, 7) is 3.68. The topological polar surface area (TPSA) is 58.8 Å². The highest BCUT2D eigenvalue weighted by Crippen LogP contribution is 2.24. The lowest BCUT2D eigenvalue weighted by Gasteiger charge is -2.28. The van der Waals surface area contributed by atoms with Crippen molar-refractivity contribution in [2.75, 3.05) is 39.9 Å². The molecule has 0 saturated carbocycles. The molecule has 0 N–H and O–H groups in total. The molecule has 0 aliphatic carbocycles. The molecule has 2 aromatic rings. The van der Waals surface area contributed by atoms with Crippen molar-refractivity contribution in [2.24, 2.45) is 0 Å². The molecule has 1 amide bonds. The molecule has 3 rings (SSSR count). The molecule has 0 atom stereocenters. The van der Waals surface area contributed by atoms with E-state index in [0.717, 1.165) is 16.5 Å². The van der Waals surface area contributed by atoms with Crippen molar-refractivity contribution < 1.29 is 13.9 Å². The van der Waals surface area contributed by atoms with E-state index in [1.165, 1.54) is 0 Å². The van der Waals surface area contributed by atoms with E-state index in [2.05, 4.69) is 4.98 Å². The number of morpholine rings is 1. The molecule has 1 fully saturated rings. The van der Waals surface area contributed by atoms with Crippen LogP contribution in [0.15, 0.2) is 28.2 Å². The van der Waals surface area contributed by atoms with Crippen LogP contribution in [-0.4, -0.2) is 60.6 Å². The van der Waals surface area contributed by atoms with E-state index in [1.54, 1.807) is 17.6 Å². The molecule has 22 heavy (non-hydrogen) atoms. The van der Waals surface area contributed by atoms with Gasteiger partial charge in [0.15, 0.2) is 10.8 Å². The third-order valence-electron chi connectivity index (χ3n) is 3.48. The minimum atomic E-state index is 0.146. The highest BCUT2D eigenvalue weighted by atomic mass is 32.1. The lowest BCUT2D eigenvalue weighted by atomic mass is 10.3. The van der Waals surface area contributed by atoms with Crippen LogP contribution in [-0.2, 0) is 16.1 Å². The minimum absolute atomic E-state index is 0.146. The van der Waals surface area contributed by atoms with Crippen molar-refractivity contribution >= 4 is 17.2 Å². The number of hydrogen-bond donors (Lipinski definition) is 0. The van der Waals surface area contributed by atoms with Gasteiger partial charge >= 0.3 is 0 Å². The number of ether oxygens (including phenoxy) is 1. The Bertz CT molecular complexity index is 605. The molecule has 0 aromatic carbocycles. The fourth-order valence-electron chi connectivity index (χ4n) is 2.37. The molecule has 1 aliphatic heterocycles. The van der Waals surface area contributed by atoms with Crippen molar-refractivity contribution in [2.45, 2.75) is 6.54 Å². The first kappa shape index (κ1) is 15.2. The zero-order chi connectivity index (χ0) is 15.4. The fraction of sp³-hybridized carbons (Fsp3) is 0.467. The van der Waals surface area contributed by atoms with Gasteiger partial charge in [-0.25, -0.2) is 4.98 Å². The molecule has 1 aliphatic rings. The molecule has 118 valence electrons. The molecule has 1 saturated heterocycles. The van der Waals surface area contributed by atoms with Gasteiger partial charge in [-0.2, -0.15) is 0 Å². The van der Waals surface area contributed by atoms with Gasteiger partial charge in [-0.3, -0.25) is 9.69 Å². The Kier molecular flexibility index (Phi) is 4.87. The van der Waals surface area contributed by atoms with E-state index in [4.69, 9.17) is 9.15 Å². The number of hydrogen-bond acceptors (Lipinski definition) is 6. The monoisotopic (exact) mass is 321 g/mol. The fourth-order valence-corrected chi connectivity index (χ4v) is 3.15. The Morgan fingerprint density at radius 1 is 1.45 bits per heavy atom. The molecule has 7 heteroatoms. The SMILES string of the molecule is CN(CC(=O)N1CCOCC1)Cc1csc(-c2ccco2)n1. The summed E-state index contributed by atoms with van der Waals surface area (Å²) >= 11 is 1.55. The summed E-state index contributed by atoms with van der Waals surface area (Å²) in [5, 5.41) is 2.88. The summed E-state index contributed by atoms with van der Waals surface area (Å²) in [6, 6.07) is 3.75. The number of likely N-dealkylation sites (N-methyl/N-ethyl adjacent to an activating group) is 1. The molecule has 2 aromatic heterocycles. The normalized spacial score (nSPS) is 15.5. The van der Waals surface area contributed by atoms with Gasteiger partial charge in [0.2, 0.25) is 5.91 Å². The van der Waals surface area contributed by atoms with Crippen LogP contribution in [0.3, 0.4) is 0 Å². The predicted octanol–water partition coefficient (Wildman–Crippen LogP) is 1.69. The van der Waals surface area contributed by atoms with Gasteiger partial charge in [0, 0.05) is 25.0 Å². The summed E-state index contributed by atoms with van der Waals surface area (Å²) in [5.41, 5.74) is 0.952. The molecular weight excluding hydrogens is 302 g/mol. The lowest BCUT2D eigenvalue weighted by Crippen LogP contribution is -2.44. The molecule has 0 unspecified atom stereocenters. The average molecular weight is 321 g/mol. The highest BCUT2D eigenvalue weighted by molar-refractivity contribution is 7.13. The first-order valence-electron chi connectivity index (χ1n) is 7.25. The highest BCUT2D eigenvalue weighted by Gasteiger charge is 2.18. The van der Waals surface area contributed by atoms with Crippen LogP contribution in [0.5, 0.6) is 0 Å². The van der Waals surface area contributed by atoms with Crippen molar-refractivity contribution in [3.05, 3.63) is 29.5 Å². The molecule has 6 nitrogen and oxygen atoms in total. The van der Waals surface area contributed by atoms with Gasteiger partial charge in [-0.1, -0.05) is 0 Å².